The highest BCUT2D eigenvalue weighted by Gasteiger charge is 2.21. The summed E-state index contributed by atoms with van der Waals surface area (Å²) in [5, 5.41) is 3.03. The number of aryl methyl sites for hydroxylation is 1. The molecule has 3 rings (SSSR count). The van der Waals surface area contributed by atoms with Crippen LogP contribution >= 0.6 is 0 Å². The van der Waals surface area contributed by atoms with Crippen LogP contribution in [0.25, 0.3) is 6.08 Å². The maximum absolute atomic E-state index is 15.6. The van der Waals surface area contributed by atoms with Gasteiger partial charge in [0.05, 0.1) is 24.3 Å². The summed E-state index contributed by atoms with van der Waals surface area (Å²) in [6, 6.07) is 6.18. The molecule has 1 aromatic heterocycles. The predicted molar refractivity (Wildman–Crippen MR) is 167 cm³/mol. The number of benzene rings is 1. The molecule has 2 heterocycles. The van der Waals surface area contributed by atoms with Crippen LogP contribution < -0.4 is 20.7 Å². The van der Waals surface area contributed by atoms with Crippen LogP contribution in [0.2, 0.25) is 0 Å². The number of nitrogens with zero attached hydrogens (tertiary/aromatic N) is 4. The molecule has 2 aromatic rings. The lowest BCUT2D eigenvalue weighted by Crippen LogP contribution is -2.46. The van der Waals surface area contributed by atoms with Crippen molar-refractivity contribution in [3.05, 3.63) is 64.7 Å². The Hall–Kier alpha value is -3.46. The number of aliphatic imine (C=N–C) groups is 1. The Morgan fingerprint density at radius 1 is 1.15 bits per heavy atom. The van der Waals surface area contributed by atoms with Crippen molar-refractivity contribution in [3.8, 4) is 5.75 Å². The van der Waals surface area contributed by atoms with E-state index in [1.54, 1.807) is 19.2 Å². The number of hydrogen-bond acceptors (Lipinski definition) is 6. The third-order valence-corrected chi connectivity index (χ3v) is 7.80. The normalized spacial score (nSPS) is 16.3. The zero-order chi connectivity index (χ0) is 29.9. The van der Waals surface area contributed by atoms with Crippen LogP contribution in [0.4, 0.5) is 20.3 Å². The molecule has 9 heteroatoms. The van der Waals surface area contributed by atoms with Gasteiger partial charge in [0.25, 0.3) is 5.88 Å². The molecular formula is C32H46F2N6O. The van der Waals surface area contributed by atoms with E-state index in [4.69, 9.17) is 10.5 Å². The van der Waals surface area contributed by atoms with Crippen LogP contribution in [-0.2, 0) is 0 Å². The quantitative estimate of drug-likeness (QED) is 0.155. The molecule has 41 heavy (non-hydrogen) atoms. The first kappa shape index (κ1) is 32.1. The van der Waals surface area contributed by atoms with Crippen molar-refractivity contribution >= 4 is 23.9 Å². The van der Waals surface area contributed by atoms with Crippen molar-refractivity contribution < 1.29 is 13.5 Å². The molecule has 1 aromatic carbocycles. The van der Waals surface area contributed by atoms with Crippen molar-refractivity contribution in [2.75, 3.05) is 42.9 Å². The fourth-order valence-corrected chi connectivity index (χ4v) is 5.02. The number of likely N-dealkylation sites (N-methyl/N-ethyl adjacent to an activating group) is 1. The molecule has 0 saturated carbocycles. The Balaban J connectivity index is 1.76. The van der Waals surface area contributed by atoms with Gasteiger partial charge in [-0.3, -0.25) is 0 Å². The van der Waals surface area contributed by atoms with Gasteiger partial charge in [0.15, 0.2) is 17.4 Å². The summed E-state index contributed by atoms with van der Waals surface area (Å²) in [6.45, 7) is 16.9. The van der Waals surface area contributed by atoms with Gasteiger partial charge in [-0.15, -0.1) is 0 Å². The summed E-state index contributed by atoms with van der Waals surface area (Å²) in [6.07, 6.45) is 7.60. The van der Waals surface area contributed by atoms with Gasteiger partial charge in [0.2, 0.25) is 0 Å². The summed E-state index contributed by atoms with van der Waals surface area (Å²) < 4.78 is 36.8. The lowest BCUT2D eigenvalue weighted by atomic mass is 9.93. The van der Waals surface area contributed by atoms with E-state index in [1.807, 2.05) is 32.1 Å². The van der Waals surface area contributed by atoms with E-state index in [9.17, 15) is 0 Å². The number of anilines is 2. The van der Waals surface area contributed by atoms with Crippen molar-refractivity contribution in [1.29, 1.82) is 0 Å². The number of piperazine rings is 1. The van der Waals surface area contributed by atoms with E-state index >= 15 is 8.78 Å². The average Bonchev–Trinajstić information content (AvgIpc) is 2.99. The molecule has 1 atom stereocenters. The van der Waals surface area contributed by atoms with Crippen LogP contribution in [0.3, 0.4) is 0 Å². The predicted octanol–water partition coefficient (Wildman–Crippen LogP) is 6.91. The number of pyridine rings is 1. The summed E-state index contributed by atoms with van der Waals surface area (Å²) in [4.78, 5) is 13.0. The van der Waals surface area contributed by atoms with Gasteiger partial charge >= 0.3 is 0 Å². The summed E-state index contributed by atoms with van der Waals surface area (Å²) in [7, 11) is 0. The second kappa shape index (κ2) is 15.5. The third kappa shape index (κ3) is 8.76. The van der Waals surface area contributed by atoms with Crippen molar-refractivity contribution in [1.82, 2.24) is 9.88 Å². The number of allylic oxidation sites excluding steroid dienone is 1. The Kier molecular flexibility index (Phi) is 12.1. The van der Waals surface area contributed by atoms with Crippen molar-refractivity contribution in [2.45, 2.75) is 66.8 Å². The second-order valence-corrected chi connectivity index (χ2v) is 10.7. The molecule has 3 N–H and O–H groups in total. The minimum Gasteiger partial charge on any atom is -0.433 e. The highest BCUT2D eigenvalue weighted by molar-refractivity contribution is 5.60. The van der Waals surface area contributed by atoms with Crippen molar-refractivity contribution in [3.63, 3.8) is 0 Å². The highest BCUT2D eigenvalue weighted by atomic mass is 19.1. The molecule has 224 valence electrons. The van der Waals surface area contributed by atoms with E-state index < -0.39 is 23.6 Å². The van der Waals surface area contributed by atoms with Crippen molar-refractivity contribution in [2.24, 2.45) is 16.6 Å². The fraction of sp³-hybridized carbons (Fsp3) is 0.500. The Morgan fingerprint density at radius 2 is 1.85 bits per heavy atom. The van der Waals surface area contributed by atoms with Gasteiger partial charge in [0, 0.05) is 31.7 Å². The molecule has 1 saturated heterocycles. The smallest absolute Gasteiger partial charge is 0.255 e. The molecular weight excluding hydrogens is 522 g/mol. The molecule has 1 unspecified atom stereocenters. The lowest BCUT2D eigenvalue weighted by molar-refractivity contribution is 0.271. The highest BCUT2D eigenvalue weighted by Crippen LogP contribution is 2.30. The zero-order valence-corrected chi connectivity index (χ0v) is 25.4. The molecule has 1 aliphatic rings. The SMILES string of the molecule is CCC(CC)C/C(C)=C\c1c(C)ccc(O/C(N=CN)=C(\F)C(C)Nc2ccc(N3CCN(CC)CC3)cn2)c1F. The van der Waals surface area contributed by atoms with Crippen LogP contribution in [0.15, 0.2) is 52.7 Å². The van der Waals surface area contributed by atoms with Gasteiger partial charge in [-0.25, -0.2) is 18.8 Å². The number of halogens is 2. The zero-order valence-electron chi connectivity index (χ0n) is 25.4. The standard InChI is InChI=1S/C32H46F2N6O/c1-7-25(8-2)18-22(4)19-27-23(5)10-12-28(31(27)34)41-32(37-21-35)30(33)24(6)38-29-13-11-26(20-36-29)40-16-14-39(9-3)15-17-40/h10-13,19-21,24-25H,7-9,14-18H2,1-6H3,(H2,35,37)(H,36,38)/b22-19-,32-30-. The summed E-state index contributed by atoms with van der Waals surface area (Å²) in [5.74, 6) is -0.774. The average molecular weight is 569 g/mol. The van der Waals surface area contributed by atoms with E-state index in [-0.39, 0.29) is 5.75 Å². The first-order valence-corrected chi connectivity index (χ1v) is 14.7. The first-order valence-electron chi connectivity index (χ1n) is 14.7. The number of aromatic nitrogens is 1. The molecule has 0 radical (unpaired) electrons. The molecule has 0 aliphatic carbocycles. The Morgan fingerprint density at radius 3 is 2.44 bits per heavy atom. The molecule has 1 fully saturated rings. The maximum Gasteiger partial charge on any atom is 0.255 e. The molecule has 7 nitrogen and oxygen atoms in total. The summed E-state index contributed by atoms with van der Waals surface area (Å²) >= 11 is 0. The number of hydrogen-bond donors (Lipinski definition) is 2. The first-order chi connectivity index (χ1) is 19.7. The van der Waals surface area contributed by atoms with Crippen LogP contribution in [0.1, 0.15) is 65.0 Å². The monoisotopic (exact) mass is 568 g/mol. The second-order valence-electron chi connectivity index (χ2n) is 10.7. The van der Waals surface area contributed by atoms with E-state index in [1.165, 1.54) is 6.07 Å². The fourth-order valence-electron chi connectivity index (χ4n) is 5.02. The van der Waals surface area contributed by atoms with Gasteiger partial charge in [-0.2, -0.15) is 0 Å². The number of rotatable bonds is 13. The topological polar surface area (TPSA) is 79.0 Å². The molecule has 0 bridgehead atoms. The molecule has 0 amide bonds. The van der Waals surface area contributed by atoms with Gasteiger partial charge < -0.3 is 25.6 Å². The van der Waals surface area contributed by atoms with E-state index in [0.29, 0.717) is 17.3 Å². The third-order valence-electron chi connectivity index (χ3n) is 7.80. The van der Waals surface area contributed by atoms with E-state index in [0.717, 1.165) is 75.1 Å². The number of nitrogens with two attached hydrogens (primary N) is 1. The van der Waals surface area contributed by atoms with Gasteiger partial charge in [0.1, 0.15) is 5.82 Å². The maximum atomic E-state index is 15.6. The van der Waals surface area contributed by atoms with Crippen LogP contribution in [-0.4, -0.2) is 55.0 Å². The Bertz CT molecular complexity index is 1220. The van der Waals surface area contributed by atoms with Gasteiger partial charge in [-0.05, 0) is 63.4 Å². The minimum atomic E-state index is -0.852. The molecule has 0 spiro atoms. The lowest BCUT2D eigenvalue weighted by Gasteiger charge is -2.35. The van der Waals surface area contributed by atoms with Crippen LogP contribution in [0, 0.1) is 18.7 Å². The largest absolute Gasteiger partial charge is 0.433 e. The molecule has 1 aliphatic heterocycles. The number of nitrogens with one attached hydrogen (secondary N) is 1. The summed E-state index contributed by atoms with van der Waals surface area (Å²) in [5.41, 5.74) is 8.80. The Labute approximate surface area is 244 Å². The van der Waals surface area contributed by atoms with Crippen LogP contribution in [0.5, 0.6) is 5.75 Å². The number of ether oxygens (including phenoxy) is 1. The van der Waals surface area contributed by atoms with E-state index in [2.05, 4.69) is 45.9 Å². The minimum absolute atomic E-state index is 0.120. The van der Waals surface area contributed by atoms with Gasteiger partial charge in [-0.1, -0.05) is 51.3 Å².